The zero-order valence-corrected chi connectivity index (χ0v) is 10.1. The summed E-state index contributed by atoms with van der Waals surface area (Å²) in [5.74, 6) is 0. The number of halogens is 2. The summed E-state index contributed by atoms with van der Waals surface area (Å²) in [6.45, 7) is 5.84. The maximum Gasteiger partial charge on any atom is 0.251 e. The van der Waals surface area contributed by atoms with Crippen LogP contribution < -0.4 is 5.56 Å². The van der Waals surface area contributed by atoms with Crippen molar-refractivity contribution in [1.29, 1.82) is 0 Å². The minimum absolute atomic E-state index is 0.0419. The molecule has 0 unspecified atom stereocenters. The van der Waals surface area contributed by atoms with Crippen LogP contribution in [-0.4, -0.2) is 4.57 Å². The third-order valence-corrected chi connectivity index (χ3v) is 2.98. The van der Waals surface area contributed by atoms with E-state index in [0.29, 0.717) is 11.6 Å². The molecule has 0 saturated carbocycles. The Morgan fingerprint density at radius 2 is 2.31 bits per heavy atom. The second-order valence-electron chi connectivity index (χ2n) is 2.71. The van der Waals surface area contributed by atoms with Crippen LogP contribution >= 0.6 is 34.2 Å². The minimum atomic E-state index is -0.0419. The highest BCUT2D eigenvalue weighted by Crippen LogP contribution is 2.10. The molecule has 0 aliphatic heterocycles. The van der Waals surface area contributed by atoms with Crippen molar-refractivity contribution < 1.29 is 0 Å². The maximum atomic E-state index is 11.4. The Hall–Kier alpha value is -0.290. The van der Waals surface area contributed by atoms with E-state index in [9.17, 15) is 4.79 Å². The van der Waals surface area contributed by atoms with Crippen molar-refractivity contribution in [3.05, 3.63) is 43.4 Å². The Morgan fingerprint density at radius 3 is 2.85 bits per heavy atom. The summed E-state index contributed by atoms with van der Waals surface area (Å²) in [6.07, 6.45) is 0. The third-order valence-electron chi connectivity index (χ3n) is 1.72. The molecule has 70 valence electrons. The fourth-order valence-electron chi connectivity index (χ4n) is 1.02. The summed E-state index contributed by atoms with van der Waals surface area (Å²) in [6, 6.07) is 3.33. The molecule has 0 aliphatic rings. The van der Waals surface area contributed by atoms with Gasteiger partial charge in [-0.3, -0.25) is 4.79 Å². The number of aromatic nitrogens is 1. The average Bonchev–Trinajstić information content (AvgIpc) is 2.05. The summed E-state index contributed by atoms with van der Waals surface area (Å²) in [7, 11) is 0. The molecule has 0 saturated heterocycles. The van der Waals surface area contributed by atoms with Crippen LogP contribution in [0.5, 0.6) is 0 Å². The van der Waals surface area contributed by atoms with Gasteiger partial charge in [-0.05, 0) is 35.6 Å². The predicted molar refractivity (Wildman–Crippen MR) is 63.1 cm³/mol. The van der Waals surface area contributed by atoms with Gasteiger partial charge in [-0.15, -0.1) is 0 Å². The maximum absolute atomic E-state index is 11.4. The molecule has 1 aromatic heterocycles. The number of hydrogen-bond acceptors (Lipinski definition) is 1. The van der Waals surface area contributed by atoms with E-state index in [0.717, 1.165) is 9.26 Å². The lowest BCUT2D eigenvalue weighted by atomic mass is 10.3. The first kappa shape index (κ1) is 10.8. The molecule has 0 bridgehead atoms. The van der Waals surface area contributed by atoms with Crippen molar-refractivity contribution in [3.63, 3.8) is 0 Å². The molecule has 0 spiro atoms. The predicted octanol–water partition coefficient (Wildman–Crippen LogP) is 2.51. The quantitative estimate of drug-likeness (QED) is 0.770. The summed E-state index contributed by atoms with van der Waals surface area (Å²) in [4.78, 5) is 11.4. The molecule has 2 nitrogen and oxygen atoms in total. The number of pyridine rings is 1. The van der Waals surface area contributed by atoms with Gasteiger partial charge in [-0.25, -0.2) is 0 Å². The Morgan fingerprint density at radius 1 is 1.69 bits per heavy atom. The summed E-state index contributed by atoms with van der Waals surface area (Å²) < 4.78 is 2.66. The normalized spacial score (nSPS) is 10.1. The number of rotatable bonds is 2. The summed E-state index contributed by atoms with van der Waals surface area (Å²) in [5.41, 5.74) is 0.884. The highest BCUT2D eigenvalue weighted by molar-refractivity contribution is 14.1. The molecule has 4 heteroatoms. The van der Waals surface area contributed by atoms with E-state index in [1.54, 1.807) is 10.6 Å². The average molecular weight is 310 g/mol. The van der Waals surface area contributed by atoms with Gasteiger partial charge in [0.2, 0.25) is 0 Å². The zero-order valence-electron chi connectivity index (χ0n) is 7.18. The first-order valence-electron chi connectivity index (χ1n) is 3.71. The van der Waals surface area contributed by atoms with Gasteiger partial charge >= 0.3 is 0 Å². The molecule has 0 fully saturated rings. The molecular formula is C9H9ClINO. The lowest BCUT2D eigenvalue weighted by molar-refractivity contribution is 0.735. The summed E-state index contributed by atoms with van der Waals surface area (Å²) >= 11 is 7.83. The Bertz CT molecular complexity index is 397. The van der Waals surface area contributed by atoms with Crippen LogP contribution in [0.4, 0.5) is 0 Å². The summed E-state index contributed by atoms with van der Waals surface area (Å²) in [5, 5.41) is 0.465. The number of allylic oxidation sites excluding steroid dienone is 1. The van der Waals surface area contributed by atoms with Crippen molar-refractivity contribution >= 4 is 34.2 Å². The van der Waals surface area contributed by atoms with Gasteiger partial charge in [0.15, 0.2) is 0 Å². The largest absolute Gasteiger partial charge is 0.307 e. The van der Waals surface area contributed by atoms with Gasteiger partial charge in [0.1, 0.15) is 0 Å². The second-order valence-corrected chi connectivity index (χ2v) is 4.41. The third kappa shape index (κ3) is 2.57. The van der Waals surface area contributed by atoms with E-state index >= 15 is 0 Å². The van der Waals surface area contributed by atoms with Gasteiger partial charge in [0.05, 0.1) is 6.54 Å². The van der Waals surface area contributed by atoms with Crippen molar-refractivity contribution in [2.45, 2.75) is 13.5 Å². The lowest BCUT2D eigenvalue weighted by Crippen LogP contribution is -2.22. The van der Waals surface area contributed by atoms with Gasteiger partial charge in [-0.1, -0.05) is 18.2 Å². The second kappa shape index (κ2) is 4.28. The lowest BCUT2D eigenvalue weighted by Gasteiger charge is -2.09. The highest BCUT2D eigenvalue weighted by Gasteiger charge is 2.03. The topological polar surface area (TPSA) is 22.0 Å². The molecule has 13 heavy (non-hydrogen) atoms. The Labute approximate surface area is 95.4 Å². The van der Waals surface area contributed by atoms with E-state index in [1.165, 1.54) is 6.07 Å². The fraction of sp³-hybridized carbons (Fsp3) is 0.222. The Kier molecular flexibility index (Phi) is 3.55. The zero-order chi connectivity index (χ0) is 10.0. The molecule has 0 amide bonds. The number of nitrogens with zero attached hydrogens (tertiary/aromatic N) is 1. The van der Waals surface area contributed by atoms with Crippen molar-refractivity contribution in [3.8, 4) is 0 Å². The van der Waals surface area contributed by atoms with Gasteiger partial charge < -0.3 is 4.57 Å². The van der Waals surface area contributed by atoms with Crippen LogP contribution in [0.25, 0.3) is 0 Å². The van der Waals surface area contributed by atoms with Crippen LogP contribution in [0, 0.1) is 10.5 Å². The SMILES string of the molecule is C=C(Cl)Cn1c(C)c(I)ccc1=O. The van der Waals surface area contributed by atoms with Crippen LogP contribution in [0.3, 0.4) is 0 Å². The monoisotopic (exact) mass is 309 g/mol. The molecule has 1 aromatic rings. The molecule has 0 atom stereocenters. The van der Waals surface area contributed by atoms with E-state index in [4.69, 9.17) is 11.6 Å². The van der Waals surface area contributed by atoms with Gasteiger partial charge in [0, 0.05) is 20.4 Å². The van der Waals surface area contributed by atoms with Crippen molar-refractivity contribution in [2.24, 2.45) is 0 Å². The first-order valence-corrected chi connectivity index (χ1v) is 5.17. The molecule has 0 radical (unpaired) electrons. The Balaban J connectivity index is 3.25. The molecule has 1 rings (SSSR count). The van der Waals surface area contributed by atoms with E-state index < -0.39 is 0 Å². The molecule has 0 aliphatic carbocycles. The van der Waals surface area contributed by atoms with Crippen LogP contribution in [0.1, 0.15) is 5.69 Å². The minimum Gasteiger partial charge on any atom is -0.307 e. The van der Waals surface area contributed by atoms with E-state index in [1.807, 2.05) is 6.92 Å². The van der Waals surface area contributed by atoms with Crippen LogP contribution in [0.15, 0.2) is 28.5 Å². The number of hydrogen-bond donors (Lipinski definition) is 0. The van der Waals surface area contributed by atoms with Crippen molar-refractivity contribution in [2.75, 3.05) is 0 Å². The van der Waals surface area contributed by atoms with Crippen molar-refractivity contribution in [1.82, 2.24) is 4.57 Å². The smallest absolute Gasteiger partial charge is 0.251 e. The molecule has 1 heterocycles. The molecule has 0 aromatic carbocycles. The fourth-order valence-corrected chi connectivity index (χ4v) is 1.61. The highest BCUT2D eigenvalue weighted by atomic mass is 127. The standard InChI is InChI=1S/C9H9ClINO/c1-6(10)5-12-7(2)8(11)3-4-9(12)13/h3-4H,1,5H2,2H3. The van der Waals surface area contributed by atoms with Crippen LogP contribution in [-0.2, 0) is 6.54 Å². The molecular weight excluding hydrogens is 300 g/mol. The van der Waals surface area contributed by atoms with Crippen LogP contribution in [0.2, 0.25) is 0 Å². The van der Waals surface area contributed by atoms with Gasteiger partial charge in [0.25, 0.3) is 5.56 Å². The first-order chi connectivity index (χ1) is 6.02. The van der Waals surface area contributed by atoms with E-state index in [-0.39, 0.29) is 5.56 Å². The van der Waals surface area contributed by atoms with Gasteiger partial charge in [-0.2, -0.15) is 0 Å². The van der Waals surface area contributed by atoms with E-state index in [2.05, 4.69) is 29.2 Å². The molecule has 0 N–H and O–H groups in total.